The Hall–Kier alpha value is -4.96. The molecule has 1 saturated carbocycles. The van der Waals surface area contributed by atoms with Crippen molar-refractivity contribution in [2.75, 3.05) is 0 Å². The Bertz CT molecular complexity index is 1590. The van der Waals surface area contributed by atoms with Gasteiger partial charge < -0.3 is 16.0 Å². The Balaban J connectivity index is 0.00000226. The Kier molecular flexibility index (Phi) is 10.4. The third kappa shape index (κ3) is 7.37. The maximum Gasteiger partial charge on any atom is 0.178 e. The number of hydrogen-bond acceptors (Lipinski definition) is 4. The number of allylic oxidation sites excluding steroid dienone is 9. The third-order valence-corrected chi connectivity index (χ3v) is 6.70. The predicted molar refractivity (Wildman–Crippen MR) is 165 cm³/mol. The van der Waals surface area contributed by atoms with E-state index >= 15 is 4.39 Å². The van der Waals surface area contributed by atoms with Gasteiger partial charge in [-0.05, 0) is 74.1 Å². The molecule has 0 aliphatic heterocycles. The van der Waals surface area contributed by atoms with Gasteiger partial charge in [0.1, 0.15) is 17.5 Å². The second-order valence-electron chi connectivity index (χ2n) is 9.41. The summed E-state index contributed by atoms with van der Waals surface area (Å²) >= 11 is 0. The number of aromatic nitrogens is 3. The van der Waals surface area contributed by atoms with Crippen LogP contribution in [0, 0.1) is 24.6 Å². The topological polar surface area (TPSA) is 79.6 Å². The van der Waals surface area contributed by atoms with Gasteiger partial charge in [-0.2, -0.15) is 0 Å². The number of terminal acetylenes is 1. The highest BCUT2D eigenvalue weighted by Crippen LogP contribution is 2.35. The standard InChI is InChI=1S/C32H33F2N5.C2H2/c1-6-21(17-25(7-2)37-20(5)22-9-10-22)19(4)30(34)27(28(35)8-3)18-29-38-31-26(15-16-36-32(31)39-29)23-11-13-24(33)14-12-23;1-2/h6-8,11-17,22,37H,2,4-5,9-10,18,35H2,1,3H3,(H,36,38,39);1-2H/b21-6+,25-17+,28-8+,30-27+;. The fourth-order valence-electron chi connectivity index (χ4n) is 4.25. The maximum atomic E-state index is 16.0. The molecule has 3 aromatic rings. The number of rotatable bonds is 11. The van der Waals surface area contributed by atoms with Crippen LogP contribution in [0.2, 0.25) is 0 Å². The van der Waals surface area contributed by atoms with E-state index in [-0.39, 0.29) is 29.1 Å². The van der Waals surface area contributed by atoms with Crippen molar-refractivity contribution in [3.05, 3.63) is 132 Å². The number of aromatic amines is 1. The summed E-state index contributed by atoms with van der Waals surface area (Å²) < 4.78 is 29.5. The van der Waals surface area contributed by atoms with Crippen LogP contribution in [-0.2, 0) is 6.42 Å². The van der Waals surface area contributed by atoms with Crippen molar-refractivity contribution in [1.82, 2.24) is 20.3 Å². The molecule has 0 saturated heterocycles. The van der Waals surface area contributed by atoms with Crippen molar-refractivity contribution >= 4 is 11.2 Å². The summed E-state index contributed by atoms with van der Waals surface area (Å²) in [4.78, 5) is 12.2. The molecule has 5 nitrogen and oxygen atoms in total. The zero-order chi connectivity index (χ0) is 30.1. The number of hydrogen-bond donors (Lipinski definition) is 3. The highest BCUT2D eigenvalue weighted by Gasteiger charge is 2.25. The van der Waals surface area contributed by atoms with Crippen LogP contribution < -0.4 is 11.1 Å². The van der Waals surface area contributed by atoms with Crippen molar-refractivity contribution in [2.24, 2.45) is 11.7 Å². The minimum atomic E-state index is -0.536. The summed E-state index contributed by atoms with van der Waals surface area (Å²) in [7, 11) is 0. The summed E-state index contributed by atoms with van der Waals surface area (Å²) in [5, 5.41) is 3.28. The van der Waals surface area contributed by atoms with Gasteiger partial charge in [-0.25, -0.2) is 18.7 Å². The fourth-order valence-corrected chi connectivity index (χ4v) is 4.25. The Morgan fingerprint density at radius 3 is 2.41 bits per heavy atom. The summed E-state index contributed by atoms with van der Waals surface area (Å²) in [6, 6.07) is 8.00. The first-order valence-corrected chi connectivity index (χ1v) is 13.1. The summed E-state index contributed by atoms with van der Waals surface area (Å²) in [5.41, 5.74) is 12.0. The lowest BCUT2D eigenvalue weighted by molar-refractivity contribution is 0.628. The van der Waals surface area contributed by atoms with Crippen LogP contribution in [0.25, 0.3) is 22.3 Å². The first-order chi connectivity index (χ1) is 19.7. The van der Waals surface area contributed by atoms with E-state index in [2.05, 4.69) is 52.9 Å². The molecule has 0 radical (unpaired) electrons. The first kappa shape index (κ1) is 30.6. The van der Waals surface area contributed by atoms with Gasteiger partial charge in [0.25, 0.3) is 0 Å². The van der Waals surface area contributed by atoms with Gasteiger partial charge in [0.2, 0.25) is 0 Å². The van der Waals surface area contributed by atoms with E-state index in [1.165, 1.54) is 12.1 Å². The zero-order valence-electron chi connectivity index (χ0n) is 23.5. The van der Waals surface area contributed by atoms with Crippen molar-refractivity contribution in [3.8, 4) is 24.0 Å². The Labute approximate surface area is 240 Å². The SMILES string of the molecule is C#C.C=C/C(=C\C(=C/C)C(=C)/C(F)=C(Cc1nc2nccc(-c3ccc(F)cc3)c2[nH]1)\C(N)=C/C)NC(=C)C1CC1. The van der Waals surface area contributed by atoms with E-state index in [1.807, 2.05) is 13.0 Å². The van der Waals surface area contributed by atoms with Gasteiger partial charge in [-0.3, -0.25) is 0 Å². The van der Waals surface area contributed by atoms with E-state index in [0.717, 1.165) is 29.7 Å². The molecule has 2 heterocycles. The maximum absolute atomic E-state index is 16.0. The number of halogens is 2. The second-order valence-corrected chi connectivity index (χ2v) is 9.41. The van der Waals surface area contributed by atoms with Gasteiger partial charge in [-0.15, -0.1) is 12.8 Å². The number of fused-ring (bicyclic) bond motifs is 1. The molecule has 1 fully saturated rings. The minimum Gasteiger partial charge on any atom is -0.399 e. The molecule has 7 heteroatoms. The number of pyridine rings is 1. The molecular weight excluding hydrogens is 516 g/mol. The molecule has 2 aromatic heterocycles. The average molecular weight is 552 g/mol. The lowest BCUT2D eigenvalue weighted by atomic mass is 9.98. The van der Waals surface area contributed by atoms with Crippen LogP contribution in [-0.4, -0.2) is 15.0 Å². The molecule has 1 aliphatic rings. The van der Waals surface area contributed by atoms with Crippen LogP contribution in [0.4, 0.5) is 8.78 Å². The van der Waals surface area contributed by atoms with Crippen molar-refractivity contribution in [3.63, 3.8) is 0 Å². The molecule has 210 valence electrons. The normalized spacial score (nSPS) is 14.5. The smallest absolute Gasteiger partial charge is 0.178 e. The number of imidazole rings is 1. The lowest BCUT2D eigenvalue weighted by Gasteiger charge is -2.14. The highest BCUT2D eigenvalue weighted by molar-refractivity contribution is 5.89. The molecule has 1 aliphatic carbocycles. The average Bonchev–Trinajstić information content (AvgIpc) is 3.77. The number of benzene rings is 1. The van der Waals surface area contributed by atoms with Gasteiger partial charge in [-0.1, -0.05) is 44.0 Å². The summed E-state index contributed by atoms with van der Waals surface area (Å²) in [6.45, 7) is 15.6. The minimum absolute atomic E-state index is 0.0893. The molecule has 0 spiro atoms. The zero-order valence-corrected chi connectivity index (χ0v) is 23.5. The van der Waals surface area contributed by atoms with Crippen LogP contribution in [0.15, 0.2) is 120 Å². The molecular formula is C34H35F2N5. The molecule has 0 atom stereocenters. The van der Waals surface area contributed by atoms with Crippen LogP contribution in [0.5, 0.6) is 0 Å². The van der Waals surface area contributed by atoms with E-state index in [1.54, 1.807) is 49.6 Å². The van der Waals surface area contributed by atoms with E-state index < -0.39 is 5.83 Å². The largest absolute Gasteiger partial charge is 0.399 e. The molecule has 4 rings (SSSR count). The van der Waals surface area contributed by atoms with Gasteiger partial charge in [0, 0.05) is 46.4 Å². The third-order valence-electron chi connectivity index (χ3n) is 6.70. The summed E-state index contributed by atoms with van der Waals surface area (Å²) in [5.74, 6) is 0.0964. The Morgan fingerprint density at radius 2 is 1.83 bits per heavy atom. The molecule has 4 N–H and O–H groups in total. The number of nitrogens with zero attached hydrogens (tertiary/aromatic N) is 2. The molecule has 0 unspecified atom stereocenters. The lowest BCUT2D eigenvalue weighted by Crippen LogP contribution is -2.12. The number of nitrogens with two attached hydrogens (primary N) is 1. The van der Waals surface area contributed by atoms with E-state index in [4.69, 9.17) is 5.73 Å². The van der Waals surface area contributed by atoms with E-state index in [0.29, 0.717) is 34.2 Å². The van der Waals surface area contributed by atoms with Crippen LogP contribution >= 0.6 is 0 Å². The number of nitrogens with one attached hydrogen (secondary N) is 2. The molecule has 1 aromatic carbocycles. The Morgan fingerprint density at radius 1 is 1.15 bits per heavy atom. The summed E-state index contributed by atoms with van der Waals surface area (Å²) in [6.07, 6.45) is 18.9. The predicted octanol–water partition coefficient (Wildman–Crippen LogP) is 7.73. The van der Waals surface area contributed by atoms with Gasteiger partial charge in [0.05, 0.1) is 5.52 Å². The molecule has 41 heavy (non-hydrogen) atoms. The van der Waals surface area contributed by atoms with Crippen LogP contribution in [0.1, 0.15) is 32.5 Å². The van der Waals surface area contributed by atoms with E-state index in [9.17, 15) is 4.39 Å². The van der Waals surface area contributed by atoms with Crippen molar-refractivity contribution in [2.45, 2.75) is 33.1 Å². The monoisotopic (exact) mass is 551 g/mol. The number of H-pyrrole nitrogens is 1. The molecule has 0 amide bonds. The quantitative estimate of drug-likeness (QED) is 0.168. The van der Waals surface area contributed by atoms with Crippen molar-refractivity contribution < 1.29 is 8.78 Å². The molecule has 0 bridgehead atoms. The van der Waals surface area contributed by atoms with Crippen LogP contribution in [0.3, 0.4) is 0 Å². The van der Waals surface area contributed by atoms with Gasteiger partial charge in [0.15, 0.2) is 5.65 Å². The van der Waals surface area contributed by atoms with Crippen molar-refractivity contribution in [1.29, 1.82) is 0 Å². The second kappa shape index (κ2) is 13.9. The fraction of sp³-hybridized carbons (Fsp3) is 0.176. The van der Waals surface area contributed by atoms with Gasteiger partial charge >= 0.3 is 0 Å². The highest BCUT2D eigenvalue weighted by atomic mass is 19.1. The first-order valence-electron chi connectivity index (χ1n) is 13.1.